The van der Waals surface area contributed by atoms with Gasteiger partial charge in [-0.05, 0) is 37.1 Å². The first kappa shape index (κ1) is 17.2. The Morgan fingerprint density at radius 1 is 1.08 bits per heavy atom. The highest BCUT2D eigenvalue weighted by Crippen LogP contribution is 2.27. The Morgan fingerprint density at radius 3 is 2.38 bits per heavy atom. The van der Waals surface area contributed by atoms with Crippen molar-refractivity contribution < 1.29 is 4.79 Å². The molecule has 3 rings (SSSR count). The number of benzene rings is 2. The van der Waals surface area contributed by atoms with E-state index in [4.69, 9.17) is 0 Å². The second-order valence-corrected chi connectivity index (χ2v) is 7.21. The van der Waals surface area contributed by atoms with Crippen molar-refractivity contribution in [3.8, 4) is 0 Å². The van der Waals surface area contributed by atoms with E-state index in [-0.39, 0.29) is 11.9 Å². The van der Waals surface area contributed by atoms with Gasteiger partial charge in [0.2, 0.25) is 5.91 Å². The molecule has 0 bridgehead atoms. The number of hydrogen-bond acceptors (Lipinski definition) is 2. The number of carbonyl (C=O) groups excluding carboxylic acids is 1. The van der Waals surface area contributed by atoms with Gasteiger partial charge in [0, 0.05) is 24.1 Å². The molecule has 1 aliphatic rings. The number of amides is 1. The van der Waals surface area contributed by atoms with Crippen LogP contribution in [0.1, 0.15) is 30.0 Å². The maximum Gasteiger partial charge on any atom is 0.244 e. The molecule has 2 aromatic rings. The Kier molecular flexibility index (Phi) is 5.69. The van der Waals surface area contributed by atoms with Crippen LogP contribution in [0, 0.1) is 0 Å². The van der Waals surface area contributed by atoms with Crippen molar-refractivity contribution in [2.24, 2.45) is 0 Å². The molecule has 2 aromatic carbocycles. The molecule has 1 aliphatic heterocycles. The predicted octanol–water partition coefficient (Wildman–Crippen LogP) is 4.24. The van der Waals surface area contributed by atoms with Gasteiger partial charge in [-0.25, -0.2) is 0 Å². The number of likely N-dealkylation sites (N-methyl/N-ethyl adjacent to an activating group) is 1. The number of nitrogens with zero attached hydrogens (tertiary/aromatic N) is 2. The van der Waals surface area contributed by atoms with E-state index in [0.29, 0.717) is 0 Å². The molecule has 1 fully saturated rings. The van der Waals surface area contributed by atoms with Crippen molar-refractivity contribution in [1.82, 2.24) is 9.80 Å². The third kappa shape index (κ3) is 3.87. The average Bonchev–Trinajstić information content (AvgIpc) is 3.13. The number of halogens is 1. The maximum absolute atomic E-state index is 13.1. The van der Waals surface area contributed by atoms with E-state index in [0.717, 1.165) is 42.5 Å². The smallest absolute Gasteiger partial charge is 0.244 e. The molecule has 0 aromatic heterocycles. The maximum atomic E-state index is 13.1. The zero-order valence-corrected chi connectivity index (χ0v) is 15.6. The summed E-state index contributed by atoms with van der Waals surface area (Å²) >= 11 is 3.61. The molecule has 4 heteroatoms. The van der Waals surface area contributed by atoms with Gasteiger partial charge in [-0.1, -0.05) is 64.5 Å². The monoisotopic (exact) mass is 386 g/mol. The third-order valence-corrected chi connectivity index (χ3v) is 5.36. The first-order valence-electron chi connectivity index (χ1n) is 8.44. The molecule has 1 heterocycles. The van der Waals surface area contributed by atoms with E-state index in [2.05, 4.69) is 39.0 Å². The minimum absolute atomic E-state index is 0.216. The first-order chi connectivity index (χ1) is 11.7. The molecular formula is C20H23BrN2O. The Bertz CT molecular complexity index is 683. The Morgan fingerprint density at radius 2 is 1.71 bits per heavy atom. The molecule has 126 valence electrons. The molecule has 0 aliphatic carbocycles. The lowest BCUT2D eigenvalue weighted by molar-refractivity contribution is -0.136. The fraction of sp³-hybridized carbons (Fsp3) is 0.350. The summed E-state index contributed by atoms with van der Waals surface area (Å²) in [6.07, 6.45) is 2.22. The summed E-state index contributed by atoms with van der Waals surface area (Å²) in [6.45, 7) is 2.48. The van der Waals surface area contributed by atoms with Crippen molar-refractivity contribution in [2.45, 2.75) is 25.4 Å². The Balaban J connectivity index is 1.86. The average molecular weight is 387 g/mol. The highest BCUT2D eigenvalue weighted by atomic mass is 79.9. The van der Waals surface area contributed by atoms with Gasteiger partial charge >= 0.3 is 0 Å². The summed E-state index contributed by atoms with van der Waals surface area (Å²) in [7, 11) is 2.03. The minimum Gasteiger partial charge on any atom is -0.341 e. The van der Waals surface area contributed by atoms with E-state index in [1.165, 1.54) is 5.56 Å². The summed E-state index contributed by atoms with van der Waals surface area (Å²) in [6, 6.07) is 18.1. The molecule has 0 radical (unpaired) electrons. The van der Waals surface area contributed by atoms with Crippen molar-refractivity contribution in [3.05, 3.63) is 70.2 Å². The van der Waals surface area contributed by atoms with Crippen LogP contribution in [0.3, 0.4) is 0 Å². The summed E-state index contributed by atoms with van der Waals surface area (Å²) in [5, 5.41) is 0. The molecule has 0 spiro atoms. The van der Waals surface area contributed by atoms with Gasteiger partial charge in [0.05, 0.1) is 0 Å². The molecule has 1 unspecified atom stereocenters. The van der Waals surface area contributed by atoms with E-state index in [1.54, 1.807) is 0 Å². The summed E-state index contributed by atoms with van der Waals surface area (Å²) in [4.78, 5) is 17.3. The largest absolute Gasteiger partial charge is 0.341 e. The zero-order chi connectivity index (χ0) is 16.9. The second-order valence-electron chi connectivity index (χ2n) is 6.35. The Labute approximate surface area is 152 Å². The van der Waals surface area contributed by atoms with Crippen LogP contribution in [-0.2, 0) is 11.3 Å². The van der Waals surface area contributed by atoms with Crippen LogP contribution < -0.4 is 0 Å². The van der Waals surface area contributed by atoms with Crippen LogP contribution in [0.25, 0.3) is 0 Å². The van der Waals surface area contributed by atoms with Gasteiger partial charge in [-0.2, -0.15) is 0 Å². The summed E-state index contributed by atoms with van der Waals surface area (Å²) < 4.78 is 1.08. The number of rotatable bonds is 5. The summed E-state index contributed by atoms with van der Waals surface area (Å²) in [5.41, 5.74) is 2.25. The van der Waals surface area contributed by atoms with Crippen LogP contribution in [0.5, 0.6) is 0 Å². The SMILES string of the molecule is CN(Cc1ccccc1Br)C(C(=O)N1CCCC1)c1ccccc1. The van der Waals surface area contributed by atoms with E-state index < -0.39 is 0 Å². The van der Waals surface area contributed by atoms with Gasteiger partial charge in [0.1, 0.15) is 6.04 Å². The van der Waals surface area contributed by atoms with Crippen molar-refractivity contribution in [1.29, 1.82) is 0 Å². The number of carbonyl (C=O) groups is 1. The van der Waals surface area contributed by atoms with E-state index >= 15 is 0 Å². The minimum atomic E-state index is -0.239. The first-order valence-corrected chi connectivity index (χ1v) is 9.23. The van der Waals surface area contributed by atoms with Crippen LogP contribution in [0.2, 0.25) is 0 Å². The quantitative estimate of drug-likeness (QED) is 0.766. The standard InChI is InChI=1S/C20H23BrN2O/c1-22(15-17-11-5-6-12-18(17)21)19(16-9-3-2-4-10-16)20(24)23-13-7-8-14-23/h2-6,9-12,19H,7-8,13-15H2,1H3. The zero-order valence-electron chi connectivity index (χ0n) is 14.0. The highest BCUT2D eigenvalue weighted by Gasteiger charge is 2.30. The third-order valence-electron chi connectivity index (χ3n) is 4.59. The Hall–Kier alpha value is -1.65. The lowest BCUT2D eigenvalue weighted by atomic mass is 10.0. The lowest BCUT2D eigenvalue weighted by Crippen LogP contribution is -2.40. The van der Waals surface area contributed by atoms with Gasteiger partial charge in [-0.3, -0.25) is 9.69 Å². The van der Waals surface area contributed by atoms with Crippen LogP contribution in [0.4, 0.5) is 0 Å². The molecule has 1 saturated heterocycles. The molecular weight excluding hydrogens is 364 g/mol. The van der Waals surface area contributed by atoms with Crippen LogP contribution in [-0.4, -0.2) is 35.8 Å². The van der Waals surface area contributed by atoms with Gasteiger partial charge in [0.25, 0.3) is 0 Å². The number of hydrogen-bond donors (Lipinski definition) is 0. The predicted molar refractivity (Wildman–Crippen MR) is 101 cm³/mol. The molecule has 0 N–H and O–H groups in total. The van der Waals surface area contributed by atoms with E-state index in [9.17, 15) is 4.79 Å². The van der Waals surface area contributed by atoms with Crippen LogP contribution in [0.15, 0.2) is 59.1 Å². The highest BCUT2D eigenvalue weighted by molar-refractivity contribution is 9.10. The fourth-order valence-electron chi connectivity index (χ4n) is 3.32. The van der Waals surface area contributed by atoms with Crippen molar-refractivity contribution >= 4 is 21.8 Å². The molecule has 1 amide bonds. The normalized spacial score (nSPS) is 15.7. The van der Waals surface area contributed by atoms with Crippen molar-refractivity contribution in [3.63, 3.8) is 0 Å². The summed E-state index contributed by atoms with van der Waals surface area (Å²) in [5.74, 6) is 0.216. The van der Waals surface area contributed by atoms with Crippen molar-refractivity contribution in [2.75, 3.05) is 20.1 Å². The van der Waals surface area contributed by atoms with Gasteiger partial charge in [-0.15, -0.1) is 0 Å². The number of likely N-dealkylation sites (tertiary alicyclic amines) is 1. The molecule has 1 atom stereocenters. The fourth-order valence-corrected chi connectivity index (χ4v) is 3.73. The molecule has 24 heavy (non-hydrogen) atoms. The van der Waals surface area contributed by atoms with Gasteiger partial charge in [0.15, 0.2) is 0 Å². The van der Waals surface area contributed by atoms with Gasteiger partial charge < -0.3 is 4.90 Å². The second kappa shape index (κ2) is 7.95. The topological polar surface area (TPSA) is 23.6 Å². The van der Waals surface area contributed by atoms with E-state index in [1.807, 2.05) is 48.3 Å². The lowest BCUT2D eigenvalue weighted by Gasteiger charge is -2.31. The van der Waals surface area contributed by atoms with Crippen LogP contribution >= 0.6 is 15.9 Å². The molecule has 0 saturated carbocycles. The molecule has 3 nitrogen and oxygen atoms in total.